The maximum atomic E-state index is 10.8. The van der Waals surface area contributed by atoms with E-state index in [1.54, 1.807) is 12.1 Å². The molecule has 0 fully saturated rings. The molecule has 2 aromatic rings. The first-order valence-corrected chi connectivity index (χ1v) is 4.00. The van der Waals surface area contributed by atoms with Crippen LogP contribution in [0.1, 0.15) is 10.4 Å². The van der Waals surface area contributed by atoms with E-state index in [1.807, 2.05) is 30.3 Å². The quantitative estimate of drug-likeness (QED) is 0.823. The van der Waals surface area contributed by atoms with Crippen LogP contribution in [0.2, 0.25) is 0 Å². The summed E-state index contributed by atoms with van der Waals surface area (Å²) in [6, 6.07) is 12.7. The molecule has 0 saturated carbocycles. The summed E-state index contributed by atoms with van der Waals surface area (Å²) in [7, 11) is 0. The fraction of sp³-hybridized carbons (Fsp3) is 0. The molecule has 0 aliphatic rings. The Hall–Kier alpha value is -1.40. The second-order valence-corrected chi connectivity index (χ2v) is 2.83. The second-order valence-electron chi connectivity index (χ2n) is 2.83. The predicted molar refractivity (Wildman–Crippen MR) is 59.5 cm³/mol. The fourth-order valence-corrected chi connectivity index (χ4v) is 1.41. The summed E-state index contributed by atoms with van der Waals surface area (Å²) in [5.74, 6) is -0.878. The van der Waals surface area contributed by atoms with Gasteiger partial charge >= 0.3 is 5.97 Å². The van der Waals surface area contributed by atoms with E-state index in [4.69, 9.17) is 5.11 Å². The number of aromatic carboxylic acids is 1. The minimum absolute atomic E-state index is 0. The molecule has 89 valence electrons. The van der Waals surface area contributed by atoms with E-state index in [2.05, 4.69) is 0 Å². The van der Waals surface area contributed by atoms with Gasteiger partial charge in [0, 0.05) is 16.8 Å². The number of hydrogen-bond acceptors (Lipinski definition) is 2. The smallest absolute Gasteiger partial charge is 0.336 e. The SMILES string of the molecule is N.O.O=C(O)c1cccc2ccccc12.[Co]. The molecule has 5 heteroatoms. The molecule has 16 heavy (non-hydrogen) atoms. The second kappa shape index (κ2) is 6.97. The molecule has 0 aliphatic heterocycles. The molecule has 0 amide bonds. The number of carboxylic acid groups (broad SMARTS) is 1. The first kappa shape index (κ1) is 17.0. The number of rotatable bonds is 1. The number of benzene rings is 2. The zero-order chi connectivity index (χ0) is 9.26. The molecular weight excluding hydrogens is 253 g/mol. The zero-order valence-electron chi connectivity index (χ0n) is 8.44. The number of fused-ring (bicyclic) bond motifs is 1. The molecule has 6 N–H and O–H groups in total. The third kappa shape index (κ3) is 3.04. The topological polar surface area (TPSA) is 104 Å². The van der Waals surface area contributed by atoms with Crippen molar-refractivity contribution in [3.63, 3.8) is 0 Å². The Morgan fingerprint density at radius 3 is 2.19 bits per heavy atom. The number of hydrogen-bond donors (Lipinski definition) is 2. The van der Waals surface area contributed by atoms with E-state index in [0.717, 1.165) is 10.8 Å². The molecule has 4 nitrogen and oxygen atoms in total. The van der Waals surface area contributed by atoms with Crippen molar-refractivity contribution < 1.29 is 32.2 Å². The summed E-state index contributed by atoms with van der Waals surface area (Å²) in [5, 5.41) is 10.6. The van der Waals surface area contributed by atoms with Gasteiger partial charge in [-0.05, 0) is 16.8 Å². The normalized spacial score (nSPS) is 8.25. The third-order valence-electron chi connectivity index (χ3n) is 2.02. The summed E-state index contributed by atoms with van der Waals surface area (Å²) in [6.45, 7) is 0. The van der Waals surface area contributed by atoms with Crippen LogP contribution >= 0.6 is 0 Å². The van der Waals surface area contributed by atoms with E-state index in [9.17, 15) is 4.79 Å². The van der Waals surface area contributed by atoms with Crippen molar-refractivity contribution in [2.75, 3.05) is 0 Å². The van der Waals surface area contributed by atoms with E-state index < -0.39 is 5.97 Å². The molecule has 0 spiro atoms. The van der Waals surface area contributed by atoms with Crippen molar-refractivity contribution in [1.29, 1.82) is 0 Å². The average Bonchev–Trinajstić information content (AvgIpc) is 2.17. The minimum atomic E-state index is -0.878. The van der Waals surface area contributed by atoms with E-state index in [0.29, 0.717) is 5.56 Å². The van der Waals surface area contributed by atoms with Gasteiger partial charge in [-0.2, -0.15) is 0 Å². The van der Waals surface area contributed by atoms with Crippen molar-refractivity contribution >= 4 is 16.7 Å². The van der Waals surface area contributed by atoms with Gasteiger partial charge in [0.2, 0.25) is 0 Å². The summed E-state index contributed by atoms with van der Waals surface area (Å²) < 4.78 is 0. The molecule has 0 unspecified atom stereocenters. The van der Waals surface area contributed by atoms with Crippen LogP contribution in [-0.4, -0.2) is 16.6 Å². The van der Waals surface area contributed by atoms with Gasteiger partial charge in [0.15, 0.2) is 0 Å². The van der Waals surface area contributed by atoms with Crippen LogP contribution in [0.5, 0.6) is 0 Å². The van der Waals surface area contributed by atoms with Crippen LogP contribution in [0.4, 0.5) is 0 Å². The van der Waals surface area contributed by atoms with Crippen LogP contribution in [0.25, 0.3) is 10.8 Å². The Morgan fingerprint density at radius 1 is 1.00 bits per heavy atom. The molecule has 0 atom stereocenters. The molecule has 1 radical (unpaired) electrons. The van der Waals surface area contributed by atoms with Crippen molar-refractivity contribution in [2.45, 2.75) is 0 Å². The van der Waals surface area contributed by atoms with Gasteiger partial charge in [-0.3, -0.25) is 0 Å². The van der Waals surface area contributed by atoms with Gasteiger partial charge in [0.05, 0.1) is 5.56 Å². The molecule has 0 aliphatic carbocycles. The summed E-state index contributed by atoms with van der Waals surface area (Å²) in [5.41, 5.74) is 0.359. The van der Waals surface area contributed by atoms with Gasteiger partial charge in [0.25, 0.3) is 0 Å². The van der Waals surface area contributed by atoms with Crippen molar-refractivity contribution in [3.05, 3.63) is 48.0 Å². The molecular formula is C11H13CoNO3. The first-order valence-electron chi connectivity index (χ1n) is 4.00. The summed E-state index contributed by atoms with van der Waals surface area (Å²) in [6.07, 6.45) is 0. The minimum Gasteiger partial charge on any atom is -0.478 e. The molecule has 0 aromatic heterocycles. The van der Waals surface area contributed by atoms with Crippen LogP contribution in [0, 0.1) is 0 Å². The van der Waals surface area contributed by atoms with Crippen LogP contribution < -0.4 is 6.15 Å². The van der Waals surface area contributed by atoms with Crippen molar-refractivity contribution in [1.82, 2.24) is 6.15 Å². The predicted octanol–water partition coefficient (Wildman–Crippen LogP) is 1.87. The monoisotopic (exact) mass is 266 g/mol. The van der Waals surface area contributed by atoms with Gasteiger partial charge in [-0.1, -0.05) is 36.4 Å². The van der Waals surface area contributed by atoms with Crippen molar-refractivity contribution in [2.24, 2.45) is 0 Å². The van der Waals surface area contributed by atoms with E-state index >= 15 is 0 Å². The Morgan fingerprint density at radius 2 is 1.56 bits per heavy atom. The number of carbonyl (C=O) groups is 1. The van der Waals surface area contributed by atoms with Gasteiger partial charge in [0.1, 0.15) is 0 Å². The Balaban J connectivity index is 0. The zero-order valence-corrected chi connectivity index (χ0v) is 9.48. The molecule has 2 rings (SSSR count). The van der Waals surface area contributed by atoms with Gasteiger partial charge < -0.3 is 16.7 Å². The standard InChI is InChI=1S/C11H8O2.Co.H3N.H2O/c12-11(13)10-7-3-5-8-4-1-2-6-9(8)10;;;/h1-7H,(H,12,13);;1H3;1H2. The maximum absolute atomic E-state index is 10.8. The van der Waals surface area contributed by atoms with Gasteiger partial charge in [-0.15, -0.1) is 0 Å². The molecule has 2 aromatic carbocycles. The third-order valence-corrected chi connectivity index (χ3v) is 2.02. The van der Waals surface area contributed by atoms with Crippen molar-refractivity contribution in [3.8, 4) is 0 Å². The van der Waals surface area contributed by atoms with Crippen LogP contribution in [-0.2, 0) is 16.8 Å². The van der Waals surface area contributed by atoms with E-state index in [1.165, 1.54) is 0 Å². The Kier molecular flexibility index (Phi) is 7.41. The average molecular weight is 266 g/mol. The maximum Gasteiger partial charge on any atom is 0.336 e. The van der Waals surface area contributed by atoms with Crippen LogP contribution in [0.15, 0.2) is 42.5 Å². The summed E-state index contributed by atoms with van der Waals surface area (Å²) >= 11 is 0. The molecule has 0 saturated heterocycles. The fourth-order valence-electron chi connectivity index (χ4n) is 1.41. The first-order chi connectivity index (χ1) is 6.29. The molecule has 0 heterocycles. The Labute approximate surface area is 103 Å². The van der Waals surface area contributed by atoms with Crippen LogP contribution in [0.3, 0.4) is 0 Å². The Bertz CT molecular complexity index is 468. The summed E-state index contributed by atoms with van der Waals surface area (Å²) in [4.78, 5) is 10.8. The largest absolute Gasteiger partial charge is 0.478 e. The number of carboxylic acids is 1. The molecule has 0 bridgehead atoms. The van der Waals surface area contributed by atoms with E-state index in [-0.39, 0.29) is 28.4 Å². The van der Waals surface area contributed by atoms with Gasteiger partial charge in [-0.25, -0.2) is 4.79 Å².